The normalized spacial score (nSPS) is 12.1. The minimum absolute atomic E-state index is 0.206. The van der Waals surface area contributed by atoms with Crippen molar-refractivity contribution in [3.8, 4) is 6.07 Å². The first kappa shape index (κ1) is 11.3. The molecule has 0 aromatic carbocycles. The molecular weight excluding hydrogens is 216 g/mol. The molecule has 0 radical (unpaired) electrons. The molecule has 0 aliphatic rings. The third-order valence-corrected chi connectivity index (χ3v) is 3.07. The summed E-state index contributed by atoms with van der Waals surface area (Å²) in [4.78, 5) is 1.87. The third kappa shape index (κ3) is 3.15. The van der Waals surface area contributed by atoms with Crippen LogP contribution in [0, 0.1) is 11.3 Å². The monoisotopic (exact) mass is 226 g/mol. The molecule has 0 amide bonds. The largest absolute Gasteiger partial charge is 0.304 e. The molecule has 0 saturated heterocycles. The molecule has 1 unspecified atom stereocenters. The van der Waals surface area contributed by atoms with Crippen LogP contribution in [0.2, 0.25) is 0 Å². The van der Waals surface area contributed by atoms with E-state index in [0.717, 1.165) is 9.75 Å². The Bertz CT molecular complexity index is 364. The molecule has 2 nitrogen and oxygen atoms in total. The van der Waals surface area contributed by atoms with Crippen LogP contribution in [0.5, 0.6) is 0 Å². The number of thiophene rings is 1. The Kier molecular flexibility index (Phi) is 4.15. The molecule has 74 valence electrons. The zero-order valence-corrected chi connectivity index (χ0v) is 9.45. The van der Waals surface area contributed by atoms with Gasteiger partial charge in [0.15, 0.2) is 0 Å². The van der Waals surface area contributed by atoms with Crippen molar-refractivity contribution in [2.75, 3.05) is 6.54 Å². The number of rotatable bonds is 4. The van der Waals surface area contributed by atoms with Gasteiger partial charge in [-0.05, 0) is 19.1 Å². The van der Waals surface area contributed by atoms with Crippen LogP contribution in [0.25, 0.3) is 0 Å². The number of halogens is 1. The zero-order valence-electron chi connectivity index (χ0n) is 7.88. The van der Waals surface area contributed by atoms with Crippen molar-refractivity contribution in [3.05, 3.63) is 33.5 Å². The molecule has 14 heavy (non-hydrogen) atoms. The number of nitrogens with one attached hydrogen (secondary N) is 1. The van der Waals surface area contributed by atoms with E-state index < -0.39 is 0 Å². The maximum Gasteiger partial charge on any atom is 0.110 e. The standard InChI is InChI=1S/C10H11ClN2S/c1-7(11)6-13-8(2)10-4-3-9(5-12)14-10/h3-4,8,13H,1,6H2,2H3. The second-order valence-corrected chi connectivity index (χ2v) is 4.58. The summed E-state index contributed by atoms with van der Waals surface area (Å²) < 4.78 is 0. The molecule has 1 aromatic heterocycles. The summed E-state index contributed by atoms with van der Waals surface area (Å²) in [6, 6.07) is 6.10. The Balaban J connectivity index is 2.56. The molecular formula is C10H11ClN2S. The Labute approximate surface area is 92.8 Å². The van der Waals surface area contributed by atoms with Crippen molar-refractivity contribution in [3.63, 3.8) is 0 Å². The lowest BCUT2D eigenvalue weighted by Gasteiger charge is -2.10. The average molecular weight is 227 g/mol. The zero-order chi connectivity index (χ0) is 10.6. The molecule has 1 aromatic rings. The topological polar surface area (TPSA) is 35.8 Å². The van der Waals surface area contributed by atoms with Crippen molar-refractivity contribution >= 4 is 22.9 Å². The smallest absolute Gasteiger partial charge is 0.110 e. The van der Waals surface area contributed by atoms with Crippen molar-refractivity contribution < 1.29 is 0 Å². The quantitative estimate of drug-likeness (QED) is 0.857. The molecule has 4 heteroatoms. The van der Waals surface area contributed by atoms with Gasteiger partial charge in [0, 0.05) is 22.5 Å². The summed E-state index contributed by atoms with van der Waals surface area (Å²) >= 11 is 7.13. The van der Waals surface area contributed by atoms with Crippen LogP contribution in [0.3, 0.4) is 0 Å². The first-order valence-corrected chi connectivity index (χ1v) is 5.39. The van der Waals surface area contributed by atoms with Crippen LogP contribution < -0.4 is 5.32 Å². The highest BCUT2D eigenvalue weighted by Gasteiger charge is 2.07. The van der Waals surface area contributed by atoms with Gasteiger partial charge >= 0.3 is 0 Å². The van der Waals surface area contributed by atoms with Crippen LogP contribution in [0.4, 0.5) is 0 Å². The highest BCUT2D eigenvalue weighted by atomic mass is 35.5. The fourth-order valence-electron chi connectivity index (χ4n) is 1.01. The van der Waals surface area contributed by atoms with E-state index >= 15 is 0 Å². The van der Waals surface area contributed by atoms with E-state index in [1.165, 1.54) is 11.3 Å². The lowest BCUT2D eigenvalue weighted by molar-refractivity contribution is 0.624. The van der Waals surface area contributed by atoms with Crippen molar-refractivity contribution in [2.24, 2.45) is 0 Å². The minimum Gasteiger partial charge on any atom is -0.304 e. The SMILES string of the molecule is C=C(Cl)CNC(C)c1ccc(C#N)s1. The summed E-state index contributed by atoms with van der Waals surface area (Å²) in [5, 5.41) is 12.5. The fraction of sp³-hybridized carbons (Fsp3) is 0.300. The number of hydrogen-bond donors (Lipinski definition) is 1. The van der Waals surface area contributed by atoms with Gasteiger partial charge in [-0.15, -0.1) is 11.3 Å². The Morgan fingerprint density at radius 3 is 3.00 bits per heavy atom. The van der Waals surface area contributed by atoms with Crippen molar-refractivity contribution in [2.45, 2.75) is 13.0 Å². The maximum atomic E-state index is 8.66. The molecule has 0 fully saturated rings. The van der Waals surface area contributed by atoms with E-state index in [0.29, 0.717) is 11.6 Å². The van der Waals surface area contributed by atoms with Gasteiger partial charge in [0.05, 0.1) is 0 Å². The van der Waals surface area contributed by atoms with Gasteiger partial charge in [-0.25, -0.2) is 0 Å². The van der Waals surface area contributed by atoms with Crippen LogP contribution >= 0.6 is 22.9 Å². The number of nitrogens with zero attached hydrogens (tertiary/aromatic N) is 1. The second-order valence-electron chi connectivity index (χ2n) is 2.93. The number of nitriles is 1. The van der Waals surface area contributed by atoms with Gasteiger partial charge in [0.2, 0.25) is 0 Å². The van der Waals surface area contributed by atoms with Gasteiger partial charge in [0.1, 0.15) is 10.9 Å². The lowest BCUT2D eigenvalue weighted by atomic mass is 10.3. The second kappa shape index (κ2) is 5.16. The van der Waals surface area contributed by atoms with E-state index in [1.807, 2.05) is 19.1 Å². The summed E-state index contributed by atoms with van der Waals surface area (Å²) in [5.41, 5.74) is 0. The highest BCUT2D eigenvalue weighted by Crippen LogP contribution is 2.22. The van der Waals surface area contributed by atoms with E-state index in [4.69, 9.17) is 16.9 Å². The van der Waals surface area contributed by atoms with Crippen molar-refractivity contribution in [1.82, 2.24) is 5.32 Å². The molecule has 1 atom stereocenters. The highest BCUT2D eigenvalue weighted by molar-refractivity contribution is 7.12. The molecule has 1 N–H and O–H groups in total. The van der Waals surface area contributed by atoms with Gasteiger partial charge in [-0.1, -0.05) is 18.2 Å². The van der Waals surface area contributed by atoms with Crippen LogP contribution in [-0.2, 0) is 0 Å². The van der Waals surface area contributed by atoms with Gasteiger partial charge < -0.3 is 5.32 Å². The molecule has 1 heterocycles. The molecule has 0 saturated carbocycles. The average Bonchev–Trinajstić information content (AvgIpc) is 2.62. The Morgan fingerprint density at radius 2 is 2.50 bits per heavy atom. The van der Waals surface area contributed by atoms with Crippen LogP contribution in [-0.4, -0.2) is 6.54 Å². The Morgan fingerprint density at radius 1 is 1.79 bits per heavy atom. The van der Waals surface area contributed by atoms with Crippen molar-refractivity contribution in [1.29, 1.82) is 5.26 Å². The van der Waals surface area contributed by atoms with Gasteiger partial charge in [0.25, 0.3) is 0 Å². The molecule has 0 aliphatic heterocycles. The van der Waals surface area contributed by atoms with E-state index in [-0.39, 0.29) is 6.04 Å². The van der Waals surface area contributed by atoms with Gasteiger partial charge in [-0.3, -0.25) is 0 Å². The molecule has 0 aliphatic carbocycles. The molecule has 0 bridgehead atoms. The van der Waals surface area contributed by atoms with E-state index in [1.54, 1.807) is 0 Å². The maximum absolute atomic E-state index is 8.66. The van der Waals surface area contributed by atoms with Crippen LogP contribution in [0.1, 0.15) is 22.7 Å². The first-order valence-electron chi connectivity index (χ1n) is 4.20. The third-order valence-electron chi connectivity index (χ3n) is 1.76. The summed E-state index contributed by atoms with van der Waals surface area (Å²) in [6.07, 6.45) is 0. The van der Waals surface area contributed by atoms with E-state index in [2.05, 4.69) is 18.0 Å². The number of hydrogen-bond acceptors (Lipinski definition) is 3. The summed E-state index contributed by atoms with van der Waals surface area (Å²) in [5.74, 6) is 0. The van der Waals surface area contributed by atoms with Gasteiger partial charge in [-0.2, -0.15) is 5.26 Å². The Hall–Kier alpha value is -0.820. The molecule has 1 rings (SSSR count). The predicted octanol–water partition coefficient (Wildman–Crippen LogP) is 3.02. The minimum atomic E-state index is 0.206. The first-order chi connectivity index (χ1) is 6.63. The summed E-state index contributed by atoms with van der Waals surface area (Å²) in [6.45, 7) is 6.22. The molecule has 0 spiro atoms. The fourth-order valence-corrected chi connectivity index (χ4v) is 1.92. The van der Waals surface area contributed by atoms with Crippen LogP contribution in [0.15, 0.2) is 23.7 Å². The van der Waals surface area contributed by atoms with E-state index in [9.17, 15) is 0 Å². The predicted molar refractivity (Wildman–Crippen MR) is 60.4 cm³/mol. The summed E-state index contributed by atoms with van der Waals surface area (Å²) in [7, 11) is 0. The lowest BCUT2D eigenvalue weighted by Crippen LogP contribution is -2.18.